The molecule has 0 bridgehead atoms. The van der Waals surface area contributed by atoms with Gasteiger partial charge in [0.1, 0.15) is 6.04 Å². The van der Waals surface area contributed by atoms with E-state index in [0.29, 0.717) is 6.42 Å². The summed E-state index contributed by atoms with van der Waals surface area (Å²) in [7, 11) is 0. The molecule has 0 aromatic heterocycles. The van der Waals surface area contributed by atoms with Gasteiger partial charge in [-0.2, -0.15) is 0 Å². The lowest BCUT2D eigenvalue weighted by atomic mass is 10.1. The first-order chi connectivity index (χ1) is 12.0. The van der Waals surface area contributed by atoms with Crippen molar-refractivity contribution in [2.45, 2.75) is 37.6 Å². The minimum atomic E-state index is -0.268. The van der Waals surface area contributed by atoms with Crippen LogP contribution in [0.25, 0.3) is 0 Å². The maximum absolute atomic E-state index is 13.0. The molecule has 3 aliphatic heterocycles. The van der Waals surface area contributed by atoms with Gasteiger partial charge in [-0.25, -0.2) is 0 Å². The third-order valence-electron chi connectivity index (χ3n) is 5.69. The molecule has 5 nitrogen and oxygen atoms in total. The quantitative estimate of drug-likeness (QED) is 0.811. The molecule has 3 heterocycles. The number of carbonyl (C=O) groups excluding carboxylic acids is 2. The summed E-state index contributed by atoms with van der Waals surface area (Å²) in [5, 5.41) is 0. The fourth-order valence-corrected chi connectivity index (χ4v) is 5.65. The van der Waals surface area contributed by atoms with E-state index in [-0.39, 0.29) is 22.7 Å². The summed E-state index contributed by atoms with van der Waals surface area (Å²) in [4.78, 5) is 31.3. The van der Waals surface area contributed by atoms with Crippen molar-refractivity contribution in [3.63, 3.8) is 0 Å². The van der Waals surface area contributed by atoms with Gasteiger partial charge < -0.3 is 14.7 Å². The van der Waals surface area contributed by atoms with Gasteiger partial charge in [-0.3, -0.25) is 9.59 Å². The number of benzene rings is 1. The predicted octanol–water partition coefficient (Wildman–Crippen LogP) is 2.10. The van der Waals surface area contributed by atoms with Crippen LogP contribution in [0.1, 0.15) is 25.3 Å². The van der Waals surface area contributed by atoms with Crippen LogP contribution in [-0.2, 0) is 9.59 Å². The van der Waals surface area contributed by atoms with Gasteiger partial charge in [0, 0.05) is 44.0 Å². The summed E-state index contributed by atoms with van der Waals surface area (Å²) < 4.78 is 0. The normalized spacial score (nSPS) is 29.3. The topological polar surface area (TPSA) is 43.9 Å². The number of anilines is 1. The number of nitrogens with zero attached hydrogens (tertiary/aromatic N) is 3. The van der Waals surface area contributed by atoms with E-state index in [1.54, 1.807) is 11.8 Å². The van der Waals surface area contributed by atoms with Gasteiger partial charge in [0.15, 0.2) is 0 Å². The van der Waals surface area contributed by atoms with E-state index in [0.717, 1.165) is 38.4 Å². The molecule has 2 amide bonds. The van der Waals surface area contributed by atoms with E-state index in [4.69, 9.17) is 0 Å². The first-order valence-corrected chi connectivity index (χ1v) is 10.0. The highest BCUT2D eigenvalue weighted by molar-refractivity contribution is 8.01. The van der Waals surface area contributed by atoms with Crippen LogP contribution in [0.2, 0.25) is 0 Å². The lowest BCUT2D eigenvalue weighted by Crippen LogP contribution is -2.56. The third-order valence-corrected chi connectivity index (χ3v) is 7.19. The van der Waals surface area contributed by atoms with E-state index in [9.17, 15) is 9.59 Å². The van der Waals surface area contributed by atoms with Crippen LogP contribution >= 0.6 is 11.8 Å². The molecule has 3 aliphatic rings. The Bertz CT molecular complexity index is 702. The maximum atomic E-state index is 13.0. The Kier molecular flexibility index (Phi) is 4.18. The molecule has 3 fully saturated rings. The molecular formula is C19H25N3O2S. The number of hydrogen-bond donors (Lipinski definition) is 0. The maximum Gasteiger partial charge on any atom is 0.246 e. The van der Waals surface area contributed by atoms with Crippen molar-refractivity contribution in [3.8, 4) is 0 Å². The average molecular weight is 359 g/mol. The Hall–Kier alpha value is -1.69. The predicted molar refractivity (Wildman–Crippen MR) is 101 cm³/mol. The smallest absolute Gasteiger partial charge is 0.246 e. The van der Waals surface area contributed by atoms with Crippen molar-refractivity contribution in [3.05, 3.63) is 29.8 Å². The summed E-state index contributed by atoms with van der Waals surface area (Å²) >= 11 is 1.77. The van der Waals surface area contributed by atoms with Crippen LogP contribution in [0, 0.1) is 6.92 Å². The van der Waals surface area contributed by atoms with Gasteiger partial charge in [-0.15, -0.1) is 11.8 Å². The fourth-order valence-electron chi connectivity index (χ4n) is 4.22. The third kappa shape index (κ3) is 2.90. The van der Waals surface area contributed by atoms with Crippen LogP contribution in [0.15, 0.2) is 24.3 Å². The number of carbonyl (C=O) groups is 2. The number of rotatable bonds is 2. The van der Waals surface area contributed by atoms with E-state index in [1.165, 1.54) is 11.3 Å². The lowest BCUT2D eigenvalue weighted by Gasteiger charge is -2.39. The van der Waals surface area contributed by atoms with Crippen molar-refractivity contribution < 1.29 is 9.59 Å². The Morgan fingerprint density at radius 3 is 2.72 bits per heavy atom. The zero-order valence-electron chi connectivity index (χ0n) is 14.9. The number of aryl methyl sites for hydroxylation is 1. The highest BCUT2D eigenvalue weighted by atomic mass is 32.2. The molecular weight excluding hydrogens is 334 g/mol. The molecule has 1 aromatic rings. The molecule has 0 spiro atoms. The largest absolute Gasteiger partial charge is 0.368 e. The molecule has 6 heteroatoms. The molecule has 4 rings (SSSR count). The molecule has 25 heavy (non-hydrogen) atoms. The van der Waals surface area contributed by atoms with E-state index >= 15 is 0 Å². The molecule has 0 saturated carbocycles. The van der Waals surface area contributed by atoms with Crippen LogP contribution in [0.5, 0.6) is 0 Å². The number of thioether (sulfide) groups is 1. The minimum absolute atomic E-state index is 0.135. The van der Waals surface area contributed by atoms with Gasteiger partial charge in [0.2, 0.25) is 11.8 Å². The fraction of sp³-hybridized carbons (Fsp3) is 0.579. The second-order valence-electron chi connectivity index (χ2n) is 7.42. The zero-order chi connectivity index (χ0) is 17.6. The lowest BCUT2D eigenvalue weighted by molar-refractivity contribution is -0.143. The molecule has 2 unspecified atom stereocenters. The van der Waals surface area contributed by atoms with Crippen LogP contribution < -0.4 is 4.90 Å². The summed E-state index contributed by atoms with van der Waals surface area (Å²) in [6.45, 7) is 7.36. The molecule has 0 aliphatic carbocycles. The second-order valence-corrected chi connectivity index (χ2v) is 8.92. The summed E-state index contributed by atoms with van der Waals surface area (Å²) in [6, 6.07) is 8.24. The van der Waals surface area contributed by atoms with Crippen molar-refractivity contribution in [2.24, 2.45) is 0 Å². The molecule has 0 radical (unpaired) electrons. The van der Waals surface area contributed by atoms with Crippen LogP contribution in [0.4, 0.5) is 5.69 Å². The molecule has 0 N–H and O–H groups in total. The second kappa shape index (κ2) is 6.24. The zero-order valence-corrected chi connectivity index (χ0v) is 15.7. The standard InChI is InChI=1S/C19H25N3O2S/c1-14-4-3-5-15(12-14)20-8-10-21(11-9-20)18(24)16-13-25-19(2)7-6-17(23)22(16)19/h3-5,12,16H,6-11,13H2,1-2H3. The van der Waals surface area contributed by atoms with Crippen molar-refractivity contribution in [1.82, 2.24) is 9.80 Å². The number of hydrogen-bond acceptors (Lipinski definition) is 4. The van der Waals surface area contributed by atoms with E-state index in [2.05, 4.69) is 43.0 Å². The first kappa shape index (κ1) is 16.8. The van der Waals surface area contributed by atoms with Gasteiger partial charge in [0.05, 0.1) is 4.87 Å². The molecule has 1 aromatic carbocycles. The van der Waals surface area contributed by atoms with Crippen molar-refractivity contribution >= 4 is 29.3 Å². The monoisotopic (exact) mass is 359 g/mol. The van der Waals surface area contributed by atoms with Gasteiger partial charge in [-0.05, 0) is 38.0 Å². The van der Waals surface area contributed by atoms with Crippen molar-refractivity contribution in [1.29, 1.82) is 0 Å². The highest BCUT2D eigenvalue weighted by Crippen LogP contribution is 2.47. The van der Waals surface area contributed by atoms with Crippen LogP contribution in [-0.4, -0.2) is 64.5 Å². The minimum Gasteiger partial charge on any atom is -0.368 e. The molecule has 2 atom stereocenters. The number of piperazine rings is 1. The summed E-state index contributed by atoms with van der Waals surface area (Å²) in [5.41, 5.74) is 2.48. The van der Waals surface area contributed by atoms with Crippen LogP contribution in [0.3, 0.4) is 0 Å². The van der Waals surface area contributed by atoms with Gasteiger partial charge >= 0.3 is 0 Å². The first-order valence-electron chi connectivity index (χ1n) is 9.04. The van der Waals surface area contributed by atoms with E-state index in [1.807, 2.05) is 9.80 Å². The molecule has 134 valence electrons. The Balaban J connectivity index is 1.41. The Morgan fingerprint density at radius 1 is 1.24 bits per heavy atom. The van der Waals surface area contributed by atoms with E-state index < -0.39 is 0 Å². The highest BCUT2D eigenvalue weighted by Gasteiger charge is 2.53. The SMILES string of the molecule is Cc1cccc(N2CCN(C(=O)C3CSC4(C)CCC(=O)N34)CC2)c1. The van der Waals surface area contributed by atoms with Crippen molar-refractivity contribution in [2.75, 3.05) is 36.8 Å². The number of amides is 2. The number of fused-ring (bicyclic) bond motifs is 1. The summed E-state index contributed by atoms with van der Waals surface area (Å²) in [6.07, 6.45) is 1.44. The molecule has 3 saturated heterocycles. The van der Waals surface area contributed by atoms with Gasteiger partial charge in [0.25, 0.3) is 0 Å². The van der Waals surface area contributed by atoms with Gasteiger partial charge in [-0.1, -0.05) is 12.1 Å². The Labute approximate surface area is 153 Å². The average Bonchev–Trinajstić information content (AvgIpc) is 3.11. The summed E-state index contributed by atoms with van der Waals surface area (Å²) in [5.74, 6) is 1.01. The Morgan fingerprint density at radius 2 is 2.00 bits per heavy atom.